The zero-order valence-corrected chi connectivity index (χ0v) is 24.4. The normalized spacial score (nSPS) is 18.3. The Bertz CT molecular complexity index is 1120. The van der Waals surface area contributed by atoms with E-state index < -0.39 is 17.8 Å². The smallest absolute Gasteiger partial charge is 0.407 e. The molecule has 1 atom stereocenters. The van der Waals surface area contributed by atoms with Crippen LogP contribution in [-0.2, 0) is 16.0 Å². The molecule has 2 amide bonds. The van der Waals surface area contributed by atoms with Gasteiger partial charge in [-0.25, -0.2) is 4.79 Å². The summed E-state index contributed by atoms with van der Waals surface area (Å²) >= 11 is 6.04. The maximum absolute atomic E-state index is 13.1. The quantitative estimate of drug-likeness (QED) is 0.362. The summed E-state index contributed by atoms with van der Waals surface area (Å²) in [7, 11) is 1.55. The molecule has 0 aromatic heterocycles. The van der Waals surface area contributed by atoms with Gasteiger partial charge in [0.05, 0.1) is 19.6 Å². The van der Waals surface area contributed by atoms with Crippen molar-refractivity contribution in [3.05, 3.63) is 58.1 Å². The lowest BCUT2D eigenvalue weighted by Crippen LogP contribution is -2.45. The lowest BCUT2D eigenvalue weighted by molar-refractivity contribution is -0.121. The molecule has 0 aliphatic heterocycles. The first-order valence-electron chi connectivity index (χ1n) is 13.4. The number of carbonyl (C=O) groups excluding carboxylic acids is 2. The van der Waals surface area contributed by atoms with Crippen LogP contribution in [0.1, 0.15) is 83.1 Å². The van der Waals surface area contributed by atoms with Crippen molar-refractivity contribution < 1.29 is 28.9 Å². The van der Waals surface area contributed by atoms with Gasteiger partial charge in [-0.1, -0.05) is 23.7 Å². The largest absolute Gasteiger partial charge is 0.493 e. The Hall–Kier alpha value is -2.97. The van der Waals surface area contributed by atoms with Crippen LogP contribution < -0.4 is 20.1 Å². The van der Waals surface area contributed by atoms with E-state index in [-0.39, 0.29) is 30.5 Å². The summed E-state index contributed by atoms with van der Waals surface area (Å²) in [6, 6.07) is 10.5. The number of aliphatic hydroxyl groups is 1. The van der Waals surface area contributed by atoms with Crippen molar-refractivity contribution >= 4 is 23.6 Å². The molecule has 3 N–H and O–H groups in total. The van der Waals surface area contributed by atoms with Gasteiger partial charge in [0.2, 0.25) is 5.91 Å². The summed E-state index contributed by atoms with van der Waals surface area (Å²) in [4.78, 5) is 25.2. The molecule has 0 saturated heterocycles. The molecule has 0 radical (unpaired) electrons. The van der Waals surface area contributed by atoms with E-state index in [0.717, 1.165) is 25.7 Å². The molecule has 2 aromatic rings. The molecule has 8 nitrogen and oxygen atoms in total. The Morgan fingerprint density at radius 1 is 1.00 bits per heavy atom. The number of rotatable bonds is 9. The fraction of sp³-hybridized carbons (Fsp3) is 0.533. The van der Waals surface area contributed by atoms with E-state index >= 15 is 0 Å². The Balaban J connectivity index is 1.70. The Kier molecular flexibility index (Phi) is 10.5. The van der Waals surface area contributed by atoms with E-state index in [1.807, 2.05) is 34.6 Å². The van der Waals surface area contributed by atoms with E-state index in [9.17, 15) is 14.7 Å². The molecule has 0 unspecified atom stereocenters. The summed E-state index contributed by atoms with van der Waals surface area (Å²) in [6.07, 6.45) is 1.55. The molecule has 1 aliphatic rings. The molecular formula is C30H41ClN2O6. The zero-order chi connectivity index (χ0) is 28.7. The third-order valence-electron chi connectivity index (χ3n) is 6.43. The summed E-state index contributed by atoms with van der Waals surface area (Å²) in [5, 5.41) is 17.9. The van der Waals surface area contributed by atoms with Crippen LogP contribution in [0.4, 0.5) is 4.79 Å². The third-order valence-corrected chi connectivity index (χ3v) is 6.68. The van der Waals surface area contributed by atoms with Gasteiger partial charge in [0, 0.05) is 17.1 Å². The van der Waals surface area contributed by atoms with E-state index in [0.29, 0.717) is 33.2 Å². The van der Waals surface area contributed by atoms with Crippen LogP contribution in [0.15, 0.2) is 36.4 Å². The van der Waals surface area contributed by atoms with Crippen molar-refractivity contribution in [1.29, 1.82) is 0 Å². The van der Waals surface area contributed by atoms with Gasteiger partial charge in [-0.15, -0.1) is 0 Å². The Morgan fingerprint density at radius 3 is 2.13 bits per heavy atom. The molecule has 3 rings (SSSR count). The lowest BCUT2D eigenvalue weighted by atomic mass is 9.90. The highest BCUT2D eigenvalue weighted by Gasteiger charge is 2.27. The standard InChI is InChI=1S/C30H41ClN2O6/c1-18(2)38-26-17-24(28(35)19-7-9-21(31)10-8-19)20(15-25(26)37-6)16-27(34)32-22-11-13-23(14-12-22)33-29(36)39-30(3,4)5/h7-10,15,17-18,22-23,28,35H,11-14,16H2,1-6H3,(H,32,34)(H,33,36)/t22-,23-,28-/m1/s1. The molecule has 0 bridgehead atoms. The van der Waals surface area contributed by atoms with Gasteiger partial charge < -0.3 is 30.0 Å². The summed E-state index contributed by atoms with van der Waals surface area (Å²) in [5.74, 6) is 0.838. The molecule has 1 saturated carbocycles. The van der Waals surface area contributed by atoms with Crippen LogP contribution in [0.3, 0.4) is 0 Å². The number of aliphatic hydroxyl groups excluding tert-OH is 1. The van der Waals surface area contributed by atoms with Gasteiger partial charge in [0.15, 0.2) is 11.5 Å². The highest BCUT2D eigenvalue weighted by molar-refractivity contribution is 6.30. The second-order valence-electron chi connectivity index (χ2n) is 11.3. The van der Waals surface area contributed by atoms with Crippen molar-refractivity contribution in [3.63, 3.8) is 0 Å². The maximum atomic E-state index is 13.1. The molecule has 9 heteroatoms. The van der Waals surface area contributed by atoms with E-state index in [4.69, 9.17) is 25.8 Å². The van der Waals surface area contributed by atoms with Crippen molar-refractivity contribution in [1.82, 2.24) is 10.6 Å². The predicted molar refractivity (Wildman–Crippen MR) is 152 cm³/mol. The highest BCUT2D eigenvalue weighted by atomic mass is 35.5. The lowest BCUT2D eigenvalue weighted by Gasteiger charge is -2.30. The molecule has 0 spiro atoms. The first-order valence-corrected chi connectivity index (χ1v) is 13.8. The van der Waals surface area contributed by atoms with Crippen LogP contribution in [0, 0.1) is 0 Å². The van der Waals surface area contributed by atoms with Gasteiger partial charge in [-0.3, -0.25) is 4.79 Å². The Morgan fingerprint density at radius 2 is 1.59 bits per heavy atom. The number of benzene rings is 2. The average molecular weight is 561 g/mol. The molecule has 1 aliphatic carbocycles. The van der Waals surface area contributed by atoms with Crippen molar-refractivity contribution in [3.8, 4) is 11.5 Å². The number of nitrogens with one attached hydrogen (secondary N) is 2. The van der Waals surface area contributed by atoms with Crippen molar-refractivity contribution in [2.24, 2.45) is 0 Å². The predicted octanol–water partition coefficient (Wildman–Crippen LogP) is 5.71. The van der Waals surface area contributed by atoms with E-state index in [1.54, 1.807) is 43.5 Å². The molecule has 1 fully saturated rings. The van der Waals surface area contributed by atoms with Crippen LogP contribution in [0.2, 0.25) is 5.02 Å². The average Bonchev–Trinajstić information content (AvgIpc) is 2.84. The van der Waals surface area contributed by atoms with Crippen LogP contribution >= 0.6 is 11.6 Å². The monoisotopic (exact) mass is 560 g/mol. The fourth-order valence-corrected chi connectivity index (χ4v) is 4.79. The third kappa shape index (κ3) is 9.32. The maximum Gasteiger partial charge on any atom is 0.407 e. The number of ether oxygens (including phenoxy) is 3. The van der Waals surface area contributed by atoms with Gasteiger partial charge in [0.1, 0.15) is 11.7 Å². The fourth-order valence-electron chi connectivity index (χ4n) is 4.66. The molecule has 2 aromatic carbocycles. The number of amides is 2. The number of alkyl carbamates (subject to hydrolysis) is 1. The SMILES string of the molecule is COc1cc(CC(=O)N[C@H]2CC[C@H](NC(=O)OC(C)(C)C)CC2)c([C@H](O)c2ccc(Cl)cc2)cc1OC(C)C. The van der Waals surface area contributed by atoms with Gasteiger partial charge in [-0.05, 0) is 101 Å². The topological polar surface area (TPSA) is 106 Å². The van der Waals surface area contributed by atoms with Gasteiger partial charge in [0.25, 0.3) is 0 Å². The van der Waals surface area contributed by atoms with Crippen LogP contribution in [-0.4, -0.2) is 48.0 Å². The van der Waals surface area contributed by atoms with Crippen LogP contribution in [0.5, 0.6) is 11.5 Å². The second kappa shape index (κ2) is 13.4. The van der Waals surface area contributed by atoms with E-state index in [2.05, 4.69) is 10.6 Å². The van der Waals surface area contributed by atoms with Crippen molar-refractivity contribution in [2.45, 2.75) is 96.6 Å². The van der Waals surface area contributed by atoms with Crippen LogP contribution in [0.25, 0.3) is 0 Å². The first kappa shape index (κ1) is 30.6. The summed E-state index contributed by atoms with van der Waals surface area (Å²) in [6.45, 7) is 9.32. The first-order chi connectivity index (χ1) is 18.3. The molecule has 214 valence electrons. The van der Waals surface area contributed by atoms with Gasteiger partial charge >= 0.3 is 6.09 Å². The number of halogens is 1. The van der Waals surface area contributed by atoms with E-state index in [1.165, 1.54) is 0 Å². The zero-order valence-electron chi connectivity index (χ0n) is 23.7. The number of hydrogen-bond donors (Lipinski definition) is 3. The highest BCUT2D eigenvalue weighted by Crippen LogP contribution is 2.37. The number of hydrogen-bond acceptors (Lipinski definition) is 6. The summed E-state index contributed by atoms with van der Waals surface area (Å²) < 4.78 is 16.8. The minimum absolute atomic E-state index is 0.00395. The molecule has 0 heterocycles. The number of carbonyl (C=O) groups is 2. The minimum Gasteiger partial charge on any atom is -0.493 e. The number of methoxy groups -OCH3 is 1. The van der Waals surface area contributed by atoms with Crippen molar-refractivity contribution in [2.75, 3.05) is 7.11 Å². The van der Waals surface area contributed by atoms with Gasteiger partial charge in [-0.2, -0.15) is 0 Å². The molecular weight excluding hydrogens is 520 g/mol. The minimum atomic E-state index is -0.986. The Labute approximate surface area is 236 Å². The second-order valence-corrected chi connectivity index (χ2v) is 11.7. The summed E-state index contributed by atoms with van der Waals surface area (Å²) in [5.41, 5.74) is 1.31. The molecule has 39 heavy (non-hydrogen) atoms.